The largest absolute Gasteiger partial charge is 0.341 e. The Morgan fingerprint density at radius 3 is 2.71 bits per heavy atom. The van der Waals surface area contributed by atoms with Crippen LogP contribution in [0.15, 0.2) is 24.3 Å². The van der Waals surface area contributed by atoms with Crippen molar-refractivity contribution in [2.75, 3.05) is 7.05 Å². The molecule has 2 aromatic heterocycles. The number of halogens is 1. The van der Waals surface area contributed by atoms with Crippen molar-refractivity contribution in [1.29, 1.82) is 0 Å². The number of aromatic amines is 2. The van der Waals surface area contributed by atoms with Crippen LogP contribution >= 0.6 is 0 Å². The average Bonchev–Trinajstić information content (AvgIpc) is 3.16. The second-order valence-electron chi connectivity index (χ2n) is 7.42. The summed E-state index contributed by atoms with van der Waals surface area (Å²) >= 11 is 0. The number of carbonyl (C=O) groups is 1. The predicted octanol–water partition coefficient (Wildman–Crippen LogP) is 3.79. The minimum atomic E-state index is -0.304. The van der Waals surface area contributed by atoms with Crippen LogP contribution in [-0.2, 0) is 19.4 Å². The van der Waals surface area contributed by atoms with Crippen LogP contribution in [0.1, 0.15) is 52.4 Å². The van der Waals surface area contributed by atoms with E-state index in [1.165, 1.54) is 36.2 Å². The van der Waals surface area contributed by atoms with Gasteiger partial charge in [0.25, 0.3) is 5.91 Å². The molecule has 6 nitrogen and oxygen atoms in total. The molecule has 0 spiro atoms. The molecule has 1 aromatic carbocycles. The lowest BCUT2D eigenvalue weighted by Gasteiger charge is -2.16. The normalized spacial score (nSPS) is 13.8. The van der Waals surface area contributed by atoms with Crippen LogP contribution < -0.4 is 0 Å². The third kappa shape index (κ3) is 3.56. The van der Waals surface area contributed by atoms with Crippen LogP contribution in [0.4, 0.5) is 4.39 Å². The molecule has 28 heavy (non-hydrogen) atoms. The first-order valence-corrected chi connectivity index (χ1v) is 9.66. The first-order chi connectivity index (χ1) is 13.5. The molecule has 3 aromatic rings. The maximum absolute atomic E-state index is 13.1. The number of imidazole rings is 1. The van der Waals surface area contributed by atoms with Crippen LogP contribution in [0, 0.1) is 12.7 Å². The third-order valence-corrected chi connectivity index (χ3v) is 5.33. The summed E-state index contributed by atoms with van der Waals surface area (Å²) in [6, 6.07) is 6.04. The number of H-pyrrole nitrogens is 2. The van der Waals surface area contributed by atoms with Crippen molar-refractivity contribution in [2.45, 2.75) is 45.6 Å². The van der Waals surface area contributed by atoms with Gasteiger partial charge >= 0.3 is 0 Å². The van der Waals surface area contributed by atoms with Gasteiger partial charge in [-0.25, -0.2) is 9.37 Å². The number of benzene rings is 1. The highest BCUT2D eigenvalue weighted by atomic mass is 19.1. The van der Waals surface area contributed by atoms with Crippen molar-refractivity contribution in [1.82, 2.24) is 25.1 Å². The van der Waals surface area contributed by atoms with E-state index in [2.05, 4.69) is 20.2 Å². The molecular formula is C21H24FN5O. The lowest BCUT2D eigenvalue weighted by Crippen LogP contribution is -2.27. The summed E-state index contributed by atoms with van der Waals surface area (Å²) in [6.45, 7) is 2.27. The molecule has 1 aliphatic rings. The van der Waals surface area contributed by atoms with Crippen molar-refractivity contribution in [3.63, 3.8) is 0 Å². The standard InChI is InChI=1S/C21H24FN5O/c1-13-19(24-20(23-13)14-8-10-15(22)11-9-14)21(28)27(2)12-18-16-6-4-3-5-7-17(16)25-26-18/h8-11H,3-7,12H2,1-2H3,(H,23,24)(H,25,26). The molecule has 2 heterocycles. The summed E-state index contributed by atoms with van der Waals surface area (Å²) in [5, 5.41) is 7.61. The fourth-order valence-electron chi connectivity index (χ4n) is 3.75. The van der Waals surface area contributed by atoms with E-state index in [4.69, 9.17) is 0 Å². The molecule has 0 fully saturated rings. The van der Waals surface area contributed by atoms with E-state index in [1.807, 2.05) is 6.92 Å². The molecular weight excluding hydrogens is 357 g/mol. The Morgan fingerprint density at radius 2 is 1.93 bits per heavy atom. The smallest absolute Gasteiger partial charge is 0.274 e. The second-order valence-corrected chi connectivity index (χ2v) is 7.42. The lowest BCUT2D eigenvalue weighted by molar-refractivity contribution is 0.0777. The first-order valence-electron chi connectivity index (χ1n) is 9.66. The number of rotatable bonds is 4. The molecule has 0 radical (unpaired) electrons. The van der Waals surface area contributed by atoms with Crippen molar-refractivity contribution in [3.05, 3.63) is 58.4 Å². The van der Waals surface area contributed by atoms with E-state index in [1.54, 1.807) is 24.1 Å². The minimum absolute atomic E-state index is 0.160. The molecule has 0 aliphatic heterocycles. The van der Waals surface area contributed by atoms with Gasteiger partial charge in [0.15, 0.2) is 0 Å². The molecule has 146 valence electrons. The van der Waals surface area contributed by atoms with Crippen molar-refractivity contribution < 1.29 is 9.18 Å². The van der Waals surface area contributed by atoms with Crippen LogP contribution in [-0.4, -0.2) is 38.0 Å². The summed E-state index contributed by atoms with van der Waals surface area (Å²) in [6.07, 6.45) is 5.62. The highest BCUT2D eigenvalue weighted by molar-refractivity contribution is 5.93. The molecule has 0 atom stereocenters. The third-order valence-electron chi connectivity index (χ3n) is 5.33. The number of nitrogens with one attached hydrogen (secondary N) is 2. The Bertz CT molecular complexity index is 989. The quantitative estimate of drug-likeness (QED) is 0.675. The molecule has 0 saturated carbocycles. The number of hydrogen-bond acceptors (Lipinski definition) is 3. The Hall–Kier alpha value is -2.96. The monoisotopic (exact) mass is 381 g/mol. The van der Waals surface area contributed by atoms with Crippen molar-refractivity contribution in [3.8, 4) is 11.4 Å². The Labute approximate surface area is 163 Å². The van der Waals surface area contributed by atoms with Gasteiger partial charge in [0.2, 0.25) is 0 Å². The predicted molar refractivity (Wildman–Crippen MR) is 104 cm³/mol. The molecule has 0 saturated heterocycles. The highest BCUT2D eigenvalue weighted by Crippen LogP contribution is 2.23. The summed E-state index contributed by atoms with van der Waals surface area (Å²) in [7, 11) is 1.77. The van der Waals surface area contributed by atoms with Gasteiger partial charge in [0.05, 0.1) is 12.2 Å². The maximum atomic E-state index is 13.1. The van der Waals surface area contributed by atoms with Crippen LogP contribution in [0.3, 0.4) is 0 Å². The molecule has 1 amide bonds. The van der Waals surface area contributed by atoms with Crippen molar-refractivity contribution >= 4 is 5.91 Å². The summed E-state index contributed by atoms with van der Waals surface area (Å²) < 4.78 is 13.1. The Morgan fingerprint density at radius 1 is 1.18 bits per heavy atom. The summed E-state index contributed by atoms with van der Waals surface area (Å²) in [5.41, 5.74) is 5.23. The van der Waals surface area contributed by atoms with E-state index in [9.17, 15) is 9.18 Å². The SMILES string of the molecule is Cc1[nH]c(-c2ccc(F)cc2)nc1C(=O)N(C)Cc1n[nH]c2c1CCCCC2. The molecule has 2 N–H and O–H groups in total. The topological polar surface area (TPSA) is 77.7 Å². The van der Waals surface area contributed by atoms with Crippen LogP contribution in [0.5, 0.6) is 0 Å². The van der Waals surface area contributed by atoms with E-state index < -0.39 is 0 Å². The number of carbonyl (C=O) groups excluding carboxylic acids is 1. The summed E-state index contributed by atoms with van der Waals surface area (Å²) in [5.74, 6) is 0.0940. The van der Waals surface area contributed by atoms with Gasteiger partial charge < -0.3 is 9.88 Å². The lowest BCUT2D eigenvalue weighted by atomic mass is 10.1. The number of amides is 1. The fraction of sp³-hybridized carbons (Fsp3) is 0.381. The summed E-state index contributed by atoms with van der Waals surface area (Å²) in [4.78, 5) is 22.2. The number of nitrogens with zero attached hydrogens (tertiary/aromatic N) is 3. The molecule has 0 bridgehead atoms. The maximum Gasteiger partial charge on any atom is 0.274 e. The number of hydrogen-bond donors (Lipinski definition) is 2. The van der Waals surface area contributed by atoms with E-state index in [0.29, 0.717) is 23.8 Å². The molecule has 0 unspecified atom stereocenters. The van der Waals surface area contributed by atoms with Gasteiger partial charge in [-0.3, -0.25) is 9.89 Å². The highest BCUT2D eigenvalue weighted by Gasteiger charge is 2.22. The molecule has 1 aliphatic carbocycles. The zero-order valence-electron chi connectivity index (χ0n) is 16.2. The van der Waals surface area contributed by atoms with Gasteiger partial charge in [0, 0.05) is 24.0 Å². The molecule has 7 heteroatoms. The van der Waals surface area contributed by atoms with E-state index >= 15 is 0 Å². The van der Waals surface area contributed by atoms with E-state index in [-0.39, 0.29) is 11.7 Å². The van der Waals surface area contributed by atoms with Gasteiger partial charge in [-0.05, 0) is 62.4 Å². The minimum Gasteiger partial charge on any atom is -0.341 e. The molecule has 4 rings (SSSR count). The van der Waals surface area contributed by atoms with E-state index in [0.717, 1.165) is 30.5 Å². The second kappa shape index (κ2) is 7.58. The number of fused-ring (bicyclic) bond motifs is 1. The fourth-order valence-corrected chi connectivity index (χ4v) is 3.75. The Balaban J connectivity index is 1.53. The first kappa shape index (κ1) is 18.4. The average molecular weight is 381 g/mol. The number of aryl methyl sites for hydroxylation is 2. The number of aromatic nitrogens is 4. The van der Waals surface area contributed by atoms with Crippen LogP contribution in [0.2, 0.25) is 0 Å². The zero-order valence-corrected chi connectivity index (χ0v) is 16.2. The van der Waals surface area contributed by atoms with Gasteiger partial charge in [-0.15, -0.1) is 0 Å². The van der Waals surface area contributed by atoms with Crippen molar-refractivity contribution in [2.24, 2.45) is 0 Å². The van der Waals surface area contributed by atoms with Crippen LogP contribution in [0.25, 0.3) is 11.4 Å². The van der Waals surface area contributed by atoms with Gasteiger partial charge in [0.1, 0.15) is 17.3 Å². The zero-order chi connectivity index (χ0) is 19.7. The Kier molecular flexibility index (Phi) is 4.98. The van der Waals surface area contributed by atoms with Gasteiger partial charge in [-0.1, -0.05) is 6.42 Å². The van der Waals surface area contributed by atoms with Gasteiger partial charge in [-0.2, -0.15) is 5.10 Å².